The van der Waals surface area contributed by atoms with Crippen molar-refractivity contribution in [2.45, 2.75) is 58.5 Å². The second-order valence-corrected chi connectivity index (χ2v) is 6.98. The molecule has 118 valence electrons. The molecule has 0 saturated heterocycles. The highest BCUT2D eigenvalue weighted by Gasteiger charge is 2.17. The van der Waals surface area contributed by atoms with Gasteiger partial charge in [-0.25, -0.2) is 4.98 Å². The van der Waals surface area contributed by atoms with Crippen molar-refractivity contribution in [1.82, 2.24) is 10.3 Å². The molecule has 1 aliphatic rings. The van der Waals surface area contributed by atoms with Crippen LogP contribution in [0.1, 0.15) is 51.5 Å². The van der Waals surface area contributed by atoms with Crippen LogP contribution in [0.2, 0.25) is 5.02 Å². The normalized spacial score (nSPS) is 16.4. The molecular weight excluding hydrogens is 282 g/mol. The zero-order chi connectivity index (χ0) is 15.2. The minimum Gasteiger partial charge on any atom is -0.358 e. The van der Waals surface area contributed by atoms with E-state index in [2.05, 4.69) is 36.1 Å². The topological polar surface area (TPSA) is 28.2 Å². The molecule has 1 heterocycles. The van der Waals surface area contributed by atoms with E-state index >= 15 is 0 Å². The predicted octanol–water partition coefficient (Wildman–Crippen LogP) is 4.25. The highest BCUT2D eigenvalue weighted by atomic mass is 35.5. The zero-order valence-electron chi connectivity index (χ0n) is 13.5. The van der Waals surface area contributed by atoms with Gasteiger partial charge in [0.2, 0.25) is 0 Å². The first-order valence-corrected chi connectivity index (χ1v) is 8.53. The summed E-state index contributed by atoms with van der Waals surface area (Å²) in [5, 5.41) is 4.15. The number of aromatic nitrogens is 1. The van der Waals surface area contributed by atoms with E-state index in [0.29, 0.717) is 6.04 Å². The molecule has 4 heteroatoms. The summed E-state index contributed by atoms with van der Waals surface area (Å²) in [6.07, 6.45) is 8.78. The highest BCUT2D eigenvalue weighted by Crippen LogP contribution is 2.28. The van der Waals surface area contributed by atoms with Gasteiger partial charge < -0.3 is 10.2 Å². The van der Waals surface area contributed by atoms with Crippen LogP contribution < -0.4 is 10.2 Å². The van der Waals surface area contributed by atoms with Gasteiger partial charge in [-0.3, -0.25) is 0 Å². The quantitative estimate of drug-likeness (QED) is 0.851. The molecule has 1 aromatic heterocycles. The molecule has 0 aromatic carbocycles. The molecule has 1 N–H and O–H groups in total. The summed E-state index contributed by atoms with van der Waals surface area (Å²) in [7, 11) is 2.11. The number of pyridine rings is 1. The fourth-order valence-corrected chi connectivity index (χ4v) is 3.35. The Morgan fingerprint density at radius 1 is 1.33 bits per heavy atom. The van der Waals surface area contributed by atoms with E-state index in [4.69, 9.17) is 11.6 Å². The Labute approximate surface area is 134 Å². The van der Waals surface area contributed by atoms with E-state index in [0.717, 1.165) is 35.4 Å². The third-order valence-corrected chi connectivity index (χ3v) is 4.49. The molecule has 0 amide bonds. The number of anilines is 1. The first-order valence-electron chi connectivity index (χ1n) is 8.15. The summed E-state index contributed by atoms with van der Waals surface area (Å²) < 4.78 is 0. The molecule has 21 heavy (non-hydrogen) atoms. The number of halogens is 1. The van der Waals surface area contributed by atoms with E-state index in [1.807, 2.05) is 12.3 Å². The maximum Gasteiger partial charge on any atom is 0.147 e. The first kappa shape index (κ1) is 16.6. The van der Waals surface area contributed by atoms with Gasteiger partial charge in [-0.2, -0.15) is 0 Å². The Morgan fingerprint density at radius 3 is 2.67 bits per heavy atom. The fourth-order valence-electron chi connectivity index (χ4n) is 3.01. The Balaban J connectivity index is 1.95. The molecular formula is C17H28ClN3. The number of hydrogen-bond acceptors (Lipinski definition) is 3. The molecule has 0 atom stereocenters. The van der Waals surface area contributed by atoms with Gasteiger partial charge in [-0.1, -0.05) is 44.7 Å². The molecule has 0 spiro atoms. The highest BCUT2D eigenvalue weighted by molar-refractivity contribution is 6.33. The van der Waals surface area contributed by atoms with Crippen LogP contribution in [-0.4, -0.2) is 24.6 Å². The van der Waals surface area contributed by atoms with Gasteiger partial charge >= 0.3 is 0 Å². The van der Waals surface area contributed by atoms with E-state index < -0.39 is 0 Å². The summed E-state index contributed by atoms with van der Waals surface area (Å²) in [6, 6.07) is 2.51. The van der Waals surface area contributed by atoms with Crippen LogP contribution >= 0.6 is 11.6 Å². The van der Waals surface area contributed by atoms with Crippen LogP contribution in [0.25, 0.3) is 0 Å². The SMILES string of the molecule is CC(C)NCc1cnc(N(C)CC2CCCCC2)c(Cl)c1. The number of rotatable bonds is 6. The summed E-state index contributed by atoms with van der Waals surface area (Å²) in [6.45, 7) is 6.16. The average Bonchev–Trinajstić information content (AvgIpc) is 2.46. The third-order valence-electron chi connectivity index (χ3n) is 4.21. The van der Waals surface area contributed by atoms with Crippen LogP contribution in [0.15, 0.2) is 12.3 Å². The second kappa shape index (κ2) is 8.00. The van der Waals surface area contributed by atoms with Crippen molar-refractivity contribution in [2.75, 3.05) is 18.5 Å². The Hall–Kier alpha value is -0.800. The van der Waals surface area contributed by atoms with Gasteiger partial charge in [0.1, 0.15) is 5.82 Å². The van der Waals surface area contributed by atoms with E-state index in [1.54, 1.807) is 0 Å². The second-order valence-electron chi connectivity index (χ2n) is 6.57. The number of nitrogens with zero attached hydrogens (tertiary/aromatic N) is 2. The molecule has 0 unspecified atom stereocenters. The van der Waals surface area contributed by atoms with Gasteiger partial charge in [-0.05, 0) is 30.4 Å². The van der Waals surface area contributed by atoms with Crippen molar-refractivity contribution < 1.29 is 0 Å². The molecule has 1 saturated carbocycles. The Morgan fingerprint density at radius 2 is 2.05 bits per heavy atom. The molecule has 0 aliphatic heterocycles. The maximum absolute atomic E-state index is 6.43. The molecule has 3 nitrogen and oxygen atoms in total. The van der Waals surface area contributed by atoms with E-state index in [9.17, 15) is 0 Å². The van der Waals surface area contributed by atoms with Gasteiger partial charge in [0, 0.05) is 32.4 Å². The molecule has 0 bridgehead atoms. The number of nitrogens with one attached hydrogen (secondary N) is 1. The predicted molar refractivity (Wildman–Crippen MR) is 91.1 cm³/mol. The van der Waals surface area contributed by atoms with E-state index in [-0.39, 0.29) is 0 Å². The van der Waals surface area contributed by atoms with Gasteiger partial charge in [0.05, 0.1) is 5.02 Å². The molecule has 0 radical (unpaired) electrons. The van der Waals surface area contributed by atoms with Crippen LogP contribution in [0.3, 0.4) is 0 Å². The lowest BCUT2D eigenvalue weighted by molar-refractivity contribution is 0.361. The van der Waals surface area contributed by atoms with Crippen LogP contribution in [0, 0.1) is 5.92 Å². The minimum atomic E-state index is 0.470. The van der Waals surface area contributed by atoms with Gasteiger partial charge in [-0.15, -0.1) is 0 Å². The monoisotopic (exact) mass is 309 g/mol. The van der Waals surface area contributed by atoms with Crippen molar-refractivity contribution in [3.05, 3.63) is 22.8 Å². The van der Waals surface area contributed by atoms with Crippen LogP contribution in [-0.2, 0) is 6.54 Å². The van der Waals surface area contributed by atoms with Crippen molar-refractivity contribution in [1.29, 1.82) is 0 Å². The minimum absolute atomic E-state index is 0.470. The summed E-state index contributed by atoms with van der Waals surface area (Å²) in [4.78, 5) is 6.80. The number of hydrogen-bond donors (Lipinski definition) is 1. The average molecular weight is 310 g/mol. The lowest BCUT2D eigenvalue weighted by Crippen LogP contribution is -2.28. The third kappa shape index (κ3) is 5.15. The van der Waals surface area contributed by atoms with Crippen molar-refractivity contribution in [3.8, 4) is 0 Å². The van der Waals surface area contributed by atoms with Gasteiger partial charge in [0.15, 0.2) is 0 Å². The molecule has 1 aromatic rings. The molecule has 2 rings (SSSR count). The zero-order valence-corrected chi connectivity index (χ0v) is 14.3. The van der Waals surface area contributed by atoms with Crippen molar-refractivity contribution >= 4 is 17.4 Å². The maximum atomic E-state index is 6.43. The lowest BCUT2D eigenvalue weighted by atomic mass is 9.89. The summed E-state index contributed by atoms with van der Waals surface area (Å²) in [5.74, 6) is 1.71. The smallest absolute Gasteiger partial charge is 0.147 e. The van der Waals surface area contributed by atoms with Crippen molar-refractivity contribution in [3.63, 3.8) is 0 Å². The Bertz CT molecular complexity index is 442. The summed E-state index contributed by atoms with van der Waals surface area (Å²) >= 11 is 6.43. The van der Waals surface area contributed by atoms with E-state index in [1.165, 1.54) is 32.1 Å². The Kier molecular flexibility index (Phi) is 6.31. The largest absolute Gasteiger partial charge is 0.358 e. The molecule has 1 fully saturated rings. The fraction of sp³-hybridized carbons (Fsp3) is 0.706. The molecule has 1 aliphatic carbocycles. The standard InChI is InChI=1S/C17H28ClN3/c1-13(2)19-10-15-9-16(18)17(20-11-15)21(3)12-14-7-5-4-6-8-14/h9,11,13-14,19H,4-8,10,12H2,1-3H3. The van der Waals surface area contributed by atoms with Crippen LogP contribution in [0.4, 0.5) is 5.82 Å². The van der Waals surface area contributed by atoms with Crippen LogP contribution in [0.5, 0.6) is 0 Å². The summed E-state index contributed by atoms with van der Waals surface area (Å²) in [5.41, 5.74) is 1.14. The van der Waals surface area contributed by atoms with Crippen molar-refractivity contribution in [2.24, 2.45) is 5.92 Å². The first-order chi connectivity index (χ1) is 10.1. The lowest BCUT2D eigenvalue weighted by Gasteiger charge is -2.28. The van der Waals surface area contributed by atoms with Gasteiger partial charge in [0.25, 0.3) is 0 Å².